The molecule has 0 aliphatic carbocycles. The first kappa shape index (κ1) is 18.1. The summed E-state index contributed by atoms with van der Waals surface area (Å²) in [6.07, 6.45) is 3.09. The number of carbonyl (C=O) groups is 2. The molecule has 0 aliphatic rings. The molecule has 0 saturated carbocycles. The van der Waals surface area contributed by atoms with Gasteiger partial charge in [0.1, 0.15) is 5.82 Å². The van der Waals surface area contributed by atoms with Crippen LogP contribution in [0.3, 0.4) is 0 Å². The second-order valence-electron chi connectivity index (χ2n) is 5.63. The van der Waals surface area contributed by atoms with Gasteiger partial charge in [-0.1, -0.05) is 12.1 Å². The number of rotatable bonds is 6. The fraction of sp³-hybridized carbons (Fsp3) is 0.222. The quantitative estimate of drug-likeness (QED) is 0.554. The van der Waals surface area contributed by atoms with Gasteiger partial charge in [-0.3, -0.25) is 15.0 Å². The van der Waals surface area contributed by atoms with Crippen LogP contribution >= 0.6 is 0 Å². The smallest absolute Gasteiger partial charge is 0.252 e. The van der Waals surface area contributed by atoms with Gasteiger partial charge in [-0.2, -0.15) is 5.10 Å². The van der Waals surface area contributed by atoms with Crippen molar-refractivity contribution in [3.05, 3.63) is 59.3 Å². The number of hydrogen-bond acceptors (Lipinski definition) is 5. The largest absolute Gasteiger partial charge is 0.355 e. The van der Waals surface area contributed by atoms with Crippen LogP contribution in [0.1, 0.15) is 40.1 Å². The Hall–Kier alpha value is -3.22. The summed E-state index contributed by atoms with van der Waals surface area (Å²) in [4.78, 5) is 27.4. The van der Waals surface area contributed by atoms with E-state index in [0.717, 1.165) is 5.56 Å². The molecule has 1 heterocycles. The number of anilines is 1. The third-order valence-electron chi connectivity index (χ3n) is 3.24. The summed E-state index contributed by atoms with van der Waals surface area (Å²) in [7, 11) is 1.57. The van der Waals surface area contributed by atoms with Crippen LogP contribution in [0.5, 0.6) is 0 Å². The second kappa shape index (κ2) is 8.58. The van der Waals surface area contributed by atoms with Crippen LogP contribution in [0.15, 0.2) is 47.7 Å². The van der Waals surface area contributed by atoms with Gasteiger partial charge in [0.2, 0.25) is 0 Å². The molecule has 0 radical (unpaired) electrons. The maximum atomic E-state index is 11.9. The Morgan fingerprint density at radius 1 is 1.04 bits per heavy atom. The minimum absolute atomic E-state index is 0.0974. The van der Waals surface area contributed by atoms with Crippen LogP contribution in [0, 0.1) is 0 Å². The molecule has 0 fully saturated rings. The first-order chi connectivity index (χ1) is 12.0. The van der Waals surface area contributed by atoms with Crippen LogP contribution in [0.4, 0.5) is 5.82 Å². The molecule has 130 valence electrons. The number of hydrogen-bond donors (Lipinski definition) is 3. The molecule has 1 aromatic carbocycles. The number of nitrogens with one attached hydrogen (secondary N) is 3. The van der Waals surface area contributed by atoms with Crippen LogP contribution in [0.25, 0.3) is 0 Å². The Morgan fingerprint density at radius 2 is 1.72 bits per heavy atom. The summed E-state index contributed by atoms with van der Waals surface area (Å²) in [6.45, 7) is 3.83. The van der Waals surface area contributed by atoms with Crippen molar-refractivity contribution in [1.82, 2.24) is 15.6 Å². The SMILES string of the molecule is CNC(=O)c1ccc(N/N=C/c2ccc(C(=O)NC(C)C)cc2)nc1. The van der Waals surface area contributed by atoms with E-state index < -0.39 is 0 Å². The highest BCUT2D eigenvalue weighted by Crippen LogP contribution is 2.06. The van der Waals surface area contributed by atoms with Crippen molar-refractivity contribution in [2.24, 2.45) is 5.10 Å². The maximum absolute atomic E-state index is 11.9. The third-order valence-corrected chi connectivity index (χ3v) is 3.24. The standard InChI is InChI=1S/C18H21N5O2/c1-12(2)22-18(25)14-6-4-13(5-7-14)10-21-23-16-9-8-15(11-20-16)17(24)19-3/h4-12H,1-3H3,(H,19,24)(H,20,23)(H,22,25)/b21-10+. The maximum Gasteiger partial charge on any atom is 0.252 e. The van der Waals surface area contributed by atoms with E-state index in [9.17, 15) is 9.59 Å². The van der Waals surface area contributed by atoms with Gasteiger partial charge in [0.25, 0.3) is 11.8 Å². The zero-order valence-electron chi connectivity index (χ0n) is 14.4. The van der Waals surface area contributed by atoms with Gasteiger partial charge < -0.3 is 10.6 Å². The number of hydrazone groups is 1. The van der Waals surface area contributed by atoms with E-state index >= 15 is 0 Å². The zero-order valence-corrected chi connectivity index (χ0v) is 14.4. The van der Waals surface area contributed by atoms with Crippen LogP contribution in [-0.4, -0.2) is 36.1 Å². The predicted octanol–water partition coefficient (Wildman–Crippen LogP) is 2.03. The van der Waals surface area contributed by atoms with Gasteiger partial charge in [-0.05, 0) is 43.7 Å². The summed E-state index contributed by atoms with van der Waals surface area (Å²) in [6, 6.07) is 10.5. The van der Waals surface area contributed by atoms with Crippen LogP contribution < -0.4 is 16.1 Å². The zero-order chi connectivity index (χ0) is 18.2. The van der Waals surface area contributed by atoms with Gasteiger partial charge in [-0.15, -0.1) is 0 Å². The number of carbonyl (C=O) groups excluding carboxylic acids is 2. The number of nitrogens with zero attached hydrogens (tertiary/aromatic N) is 2. The molecular weight excluding hydrogens is 318 g/mol. The predicted molar refractivity (Wildman–Crippen MR) is 97.9 cm³/mol. The van der Waals surface area contributed by atoms with E-state index in [1.54, 1.807) is 37.5 Å². The van der Waals surface area contributed by atoms with Gasteiger partial charge >= 0.3 is 0 Å². The summed E-state index contributed by atoms with van der Waals surface area (Å²) < 4.78 is 0. The molecule has 7 heteroatoms. The molecule has 2 amide bonds. The average molecular weight is 339 g/mol. The Bertz CT molecular complexity index is 752. The molecule has 2 aromatic rings. The molecule has 2 rings (SSSR count). The van der Waals surface area contributed by atoms with E-state index in [0.29, 0.717) is 16.9 Å². The monoisotopic (exact) mass is 339 g/mol. The lowest BCUT2D eigenvalue weighted by molar-refractivity contribution is 0.0940. The number of amides is 2. The van der Waals surface area contributed by atoms with Crippen molar-refractivity contribution in [3.8, 4) is 0 Å². The second-order valence-corrected chi connectivity index (χ2v) is 5.63. The first-order valence-corrected chi connectivity index (χ1v) is 7.87. The molecule has 0 spiro atoms. The van der Waals surface area contributed by atoms with Crippen molar-refractivity contribution >= 4 is 23.8 Å². The Labute approximate surface area is 146 Å². The average Bonchev–Trinajstić information content (AvgIpc) is 2.61. The number of aromatic nitrogens is 1. The van der Waals surface area contributed by atoms with Crippen molar-refractivity contribution in [2.75, 3.05) is 12.5 Å². The lowest BCUT2D eigenvalue weighted by Gasteiger charge is -2.08. The summed E-state index contributed by atoms with van der Waals surface area (Å²) in [5.74, 6) is 0.234. The fourth-order valence-corrected chi connectivity index (χ4v) is 1.98. The van der Waals surface area contributed by atoms with E-state index in [2.05, 4.69) is 26.1 Å². The minimum Gasteiger partial charge on any atom is -0.355 e. The normalized spacial score (nSPS) is 10.7. The van der Waals surface area contributed by atoms with Crippen LogP contribution in [-0.2, 0) is 0 Å². The van der Waals surface area contributed by atoms with Crippen LogP contribution in [0.2, 0.25) is 0 Å². The molecule has 0 saturated heterocycles. The van der Waals surface area contributed by atoms with Gasteiger partial charge in [0, 0.05) is 24.8 Å². The molecule has 7 nitrogen and oxygen atoms in total. The van der Waals surface area contributed by atoms with Gasteiger partial charge in [-0.25, -0.2) is 4.98 Å². The van der Waals surface area contributed by atoms with Crippen molar-refractivity contribution in [1.29, 1.82) is 0 Å². The Balaban J connectivity index is 1.93. The summed E-state index contributed by atoms with van der Waals surface area (Å²) in [5, 5.41) is 9.46. The molecule has 0 aliphatic heterocycles. The number of benzene rings is 1. The highest BCUT2D eigenvalue weighted by molar-refractivity contribution is 5.95. The van der Waals surface area contributed by atoms with E-state index in [1.165, 1.54) is 6.20 Å². The number of pyridine rings is 1. The van der Waals surface area contributed by atoms with E-state index in [1.807, 2.05) is 26.0 Å². The molecule has 0 bridgehead atoms. The molecule has 25 heavy (non-hydrogen) atoms. The lowest BCUT2D eigenvalue weighted by atomic mass is 10.1. The van der Waals surface area contributed by atoms with E-state index in [-0.39, 0.29) is 17.9 Å². The molecule has 0 atom stereocenters. The highest BCUT2D eigenvalue weighted by Gasteiger charge is 2.06. The molecule has 3 N–H and O–H groups in total. The van der Waals surface area contributed by atoms with Gasteiger partial charge in [0.05, 0.1) is 11.8 Å². The van der Waals surface area contributed by atoms with E-state index in [4.69, 9.17) is 0 Å². The van der Waals surface area contributed by atoms with Crippen molar-refractivity contribution < 1.29 is 9.59 Å². The topological polar surface area (TPSA) is 95.5 Å². The molecule has 0 unspecified atom stereocenters. The minimum atomic E-state index is -0.191. The highest BCUT2D eigenvalue weighted by atomic mass is 16.2. The summed E-state index contributed by atoms with van der Waals surface area (Å²) >= 11 is 0. The lowest BCUT2D eigenvalue weighted by Crippen LogP contribution is -2.29. The molecular formula is C18H21N5O2. The fourth-order valence-electron chi connectivity index (χ4n) is 1.98. The summed E-state index contributed by atoms with van der Waals surface area (Å²) in [5.41, 5.74) is 4.71. The van der Waals surface area contributed by atoms with Crippen molar-refractivity contribution in [2.45, 2.75) is 19.9 Å². The van der Waals surface area contributed by atoms with Gasteiger partial charge in [0.15, 0.2) is 0 Å². The first-order valence-electron chi connectivity index (χ1n) is 7.87. The third kappa shape index (κ3) is 5.42. The Morgan fingerprint density at radius 3 is 2.28 bits per heavy atom. The Kier molecular flexibility index (Phi) is 6.22. The molecule has 1 aromatic heterocycles. The van der Waals surface area contributed by atoms with Crippen molar-refractivity contribution in [3.63, 3.8) is 0 Å².